The van der Waals surface area contributed by atoms with E-state index < -0.39 is 36.5 Å². The highest BCUT2D eigenvalue weighted by molar-refractivity contribution is 6.30. The van der Waals surface area contributed by atoms with Gasteiger partial charge in [0.25, 0.3) is 0 Å². The molecule has 1 aromatic carbocycles. The smallest absolute Gasteiger partial charge is 0.422 e. The van der Waals surface area contributed by atoms with Gasteiger partial charge in [-0.25, -0.2) is 0 Å². The van der Waals surface area contributed by atoms with Gasteiger partial charge in [-0.05, 0) is 31.4 Å². The predicted molar refractivity (Wildman–Crippen MR) is 84.7 cm³/mol. The molecule has 0 radical (unpaired) electrons. The van der Waals surface area contributed by atoms with E-state index in [0.717, 1.165) is 0 Å². The third kappa shape index (κ3) is 5.81. The first-order valence-electron chi connectivity index (χ1n) is 7.68. The van der Waals surface area contributed by atoms with Crippen molar-refractivity contribution in [1.29, 1.82) is 0 Å². The minimum Gasteiger partial charge on any atom is -0.482 e. The van der Waals surface area contributed by atoms with Crippen LogP contribution in [0.1, 0.15) is 25.7 Å². The maximum Gasteiger partial charge on any atom is 0.422 e. The van der Waals surface area contributed by atoms with Gasteiger partial charge in [-0.1, -0.05) is 18.0 Å². The maximum atomic E-state index is 12.4. The number of hydrogen-bond donors (Lipinski definition) is 2. The molecule has 2 unspecified atom stereocenters. The Morgan fingerprint density at radius 1 is 1.28 bits per heavy atom. The molecule has 25 heavy (non-hydrogen) atoms. The van der Waals surface area contributed by atoms with E-state index in [1.807, 2.05) is 0 Å². The Labute approximate surface area is 147 Å². The first kappa shape index (κ1) is 19.4. The highest BCUT2D eigenvalue weighted by Crippen LogP contribution is 2.33. The molecule has 1 aliphatic carbocycles. The molecule has 9 heteroatoms. The van der Waals surface area contributed by atoms with Crippen LogP contribution in [0.2, 0.25) is 5.02 Å². The van der Waals surface area contributed by atoms with Crippen molar-refractivity contribution in [3.05, 3.63) is 23.2 Å². The number of benzene rings is 1. The molecule has 2 rings (SSSR count). The summed E-state index contributed by atoms with van der Waals surface area (Å²) >= 11 is 5.77. The number of anilines is 1. The molecule has 0 spiro atoms. The van der Waals surface area contributed by atoms with Gasteiger partial charge < -0.3 is 15.2 Å². The fourth-order valence-electron chi connectivity index (χ4n) is 2.77. The number of hydrogen-bond acceptors (Lipinski definition) is 3. The molecular formula is C16H17ClF3NO4. The summed E-state index contributed by atoms with van der Waals surface area (Å²) in [4.78, 5) is 23.4. The molecule has 0 bridgehead atoms. The molecule has 2 atom stereocenters. The van der Waals surface area contributed by atoms with Gasteiger partial charge in [0.15, 0.2) is 6.61 Å². The van der Waals surface area contributed by atoms with E-state index in [9.17, 15) is 22.8 Å². The summed E-state index contributed by atoms with van der Waals surface area (Å²) in [6.45, 7) is -1.51. The number of carbonyl (C=O) groups is 2. The lowest BCUT2D eigenvalue weighted by molar-refractivity contribution is -0.153. The Hall–Kier alpha value is -1.96. The molecule has 1 aliphatic rings. The van der Waals surface area contributed by atoms with Crippen LogP contribution >= 0.6 is 11.6 Å². The molecular weight excluding hydrogens is 363 g/mol. The fraction of sp³-hybridized carbons (Fsp3) is 0.500. The second kappa shape index (κ2) is 7.95. The Bertz CT molecular complexity index is 651. The van der Waals surface area contributed by atoms with Crippen molar-refractivity contribution in [3.8, 4) is 5.75 Å². The number of rotatable bonds is 5. The van der Waals surface area contributed by atoms with Gasteiger partial charge in [0.05, 0.1) is 11.6 Å². The van der Waals surface area contributed by atoms with Crippen molar-refractivity contribution in [3.63, 3.8) is 0 Å². The SMILES string of the molecule is O=C(O)C1CCCC(C(=O)Nc2ccc(Cl)cc2OCC(F)(F)F)C1. The van der Waals surface area contributed by atoms with Gasteiger partial charge in [-0.15, -0.1) is 0 Å². The topological polar surface area (TPSA) is 75.6 Å². The summed E-state index contributed by atoms with van der Waals surface area (Å²) in [5, 5.41) is 11.8. The van der Waals surface area contributed by atoms with Crippen LogP contribution in [-0.4, -0.2) is 29.8 Å². The molecule has 1 fully saturated rings. The number of alkyl halides is 3. The fourth-order valence-corrected chi connectivity index (χ4v) is 2.93. The lowest BCUT2D eigenvalue weighted by Crippen LogP contribution is -2.31. The average molecular weight is 380 g/mol. The summed E-state index contributed by atoms with van der Waals surface area (Å²) in [6, 6.07) is 3.95. The Morgan fingerprint density at radius 2 is 1.96 bits per heavy atom. The summed E-state index contributed by atoms with van der Waals surface area (Å²) < 4.78 is 41.7. The van der Waals surface area contributed by atoms with E-state index in [1.165, 1.54) is 18.2 Å². The molecule has 0 aliphatic heterocycles. The molecule has 0 saturated heterocycles. The van der Waals surface area contributed by atoms with Crippen molar-refractivity contribution >= 4 is 29.2 Å². The largest absolute Gasteiger partial charge is 0.482 e. The van der Waals surface area contributed by atoms with E-state index in [-0.39, 0.29) is 22.9 Å². The molecule has 0 aromatic heterocycles. The van der Waals surface area contributed by atoms with Crippen molar-refractivity contribution < 1.29 is 32.6 Å². The number of halogens is 4. The quantitative estimate of drug-likeness (QED) is 0.807. The lowest BCUT2D eigenvalue weighted by atomic mass is 9.81. The molecule has 1 saturated carbocycles. The number of amides is 1. The van der Waals surface area contributed by atoms with Gasteiger partial charge in [-0.3, -0.25) is 9.59 Å². The molecule has 5 nitrogen and oxygen atoms in total. The minimum absolute atomic E-state index is 0.0658. The van der Waals surface area contributed by atoms with Gasteiger partial charge in [-0.2, -0.15) is 13.2 Å². The summed E-state index contributed by atoms with van der Waals surface area (Å²) in [5.74, 6) is -2.68. The van der Waals surface area contributed by atoms with E-state index in [4.69, 9.17) is 21.4 Å². The van der Waals surface area contributed by atoms with Crippen LogP contribution < -0.4 is 10.1 Å². The predicted octanol–water partition coefficient (Wildman–Crippen LogP) is 4.11. The first-order valence-corrected chi connectivity index (χ1v) is 8.06. The summed E-state index contributed by atoms with van der Waals surface area (Å²) in [7, 11) is 0. The molecule has 138 valence electrons. The number of nitrogens with one attached hydrogen (secondary N) is 1. The normalized spacial score (nSPS) is 20.8. The second-order valence-corrected chi connectivity index (χ2v) is 6.37. The van der Waals surface area contributed by atoms with E-state index in [1.54, 1.807) is 0 Å². The number of ether oxygens (including phenoxy) is 1. The van der Waals surface area contributed by atoms with Crippen molar-refractivity contribution in [2.75, 3.05) is 11.9 Å². The zero-order valence-electron chi connectivity index (χ0n) is 13.1. The van der Waals surface area contributed by atoms with Crippen LogP contribution in [-0.2, 0) is 9.59 Å². The van der Waals surface area contributed by atoms with Gasteiger partial charge >= 0.3 is 12.1 Å². The van der Waals surface area contributed by atoms with Gasteiger partial charge in [0, 0.05) is 17.0 Å². The minimum atomic E-state index is -4.53. The van der Waals surface area contributed by atoms with E-state index in [0.29, 0.717) is 19.3 Å². The van der Waals surface area contributed by atoms with Gasteiger partial charge in [0.1, 0.15) is 5.75 Å². The van der Waals surface area contributed by atoms with Gasteiger partial charge in [0.2, 0.25) is 5.91 Å². The van der Waals surface area contributed by atoms with Crippen LogP contribution in [0.25, 0.3) is 0 Å². The number of carboxylic acids is 1. The summed E-state index contributed by atoms with van der Waals surface area (Å²) in [5.41, 5.74) is 0.0658. The Balaban J connectivity index is 2.08. The summed E-state index contributed by atoms with van der Waals surface area (Å²) in [6.07, 6.45) is -2.68. The highest BCUT2D eigenvalue weighted by atomic mass is 35.5. The lowest BCUT2D eigenvalue weighted by Gasteiger charge is -2.26. The first-order chi connectivity index (χ1) is 11.7. The number of aliphatic carboxylic acids is 1. The van der Waals surface area contributed by atoms with Crippen LogP contribution in [0.5, 0.6) is 5.75 Å². The van der Waals surface area contributed by atoms with E-state index >= 15 is 0 Å². The van der Waals surface area contributed by atoms with Crippen LogP contribution in [0, 0.1) is 11.8 Å². The molecule has 0 heterocycles. The van der Waals surface area contributed by atoms with E-state index in [2.05, 4.69) is 5.32 Å². The molecule has 1 aromatic rings. The van der Waals surface area contributed by atoms with Crippen LogP contribution in [0.3, 0.4) is 0 Å². The zero-order valence-corrected chi connectivity index (χ0v) is 13.9. The third-order valence-electron chi connectivity index (χ3n) is 3.99. The maximum absolute atomic E-state index is 12.4. The Kier molecular flexibility index (Phi) is 6.16. The zero-order chi connectivity index (χ0) is 18.6. The van der Waals surface area contributed by atoms with Crippen molar-refractivity contribution in [1.82, 2.24) is 0 Å². The Morgan fingerprint density at radius 3 is 2.60 bits per heavy atom. The molecule has 2 N–H and O–H groups in total. The monoisotopic (exact) mass is 379 g/mol. The highest BCUT2D eigenvalue weighted by Gasteiger charge is 2.32. The average Bonchev–Trinajstić information content (AvgIpc) is 2.54. The molecule has 1 amide bonds. The van der Waals surface area contributed by atoms with Crippen molar-refractivity contribution in [2.24, 2.45) is 11.8 Å². The van der Waals surface area contributed by atoms with Crippen molar-refractivity contribution in [2.45, 2.75) is 31.9 Å². The van der Waals surface area contributed by atoms with Crippen LogP contribution in [0.4, 0.5) is 18.9 Å². The standard InChI is InChI=1S/C16H17ClF3NO4/c17-11-4-5-12(13(7-11)25-8-16(18,19)20)21-14(22)9-2-1-3-10(6-9)15(23)24/h4-5,7,9-10H,1-3,6,8H2,(H,21,22)(H,23,24). The van der Waals surface area contributed by atoms with Crippen LogP contribution in [0.15, 0.2) is 18.2 Å². The number of carbonyl (C=O) groups excluding carboxylic acids is 1. The second-order valence-electron chi connectivity index (χ2n) is 5.93. The number of carboxylic acid groups (broad SMARTS) is 1. The third-order valence-corrected chi connectivity index (χ3v) is 4.22.